The molecule has 0 unspecified atom stereocenters. The number of nitrogens with one attached hydrogen (secondary N) is 1. The topological polar surface area (TPSA) is 54.7 Å². The van der Waals surface area contributed by atoms with Gasteiger partial charge in [0.15, 0.2) is 5.11 Å². The number of furan rings is 1. The molecule has 134 valence electrons. The van der Waals surface area contributed by atoms with Crippen LogP contribution >= 0.6 is 23.8 Å². The second-order valence-electron chi connectivity index (χ2n) is 6.35. The van der Waals surface area contributed by atoms with E-state index in [1.54, 1.807) is 17.0 Å². The van der Waals surface area contributed by atoms with Crippen molar-refractivity contribution < 1.29 is 13.9 Å². The summed E-state index contributed by atoms with van der Waals surface area (Å²) in [5.74, 6) is 1.85. The van der Waals surface area contributed by atoms with Crippen molar-refractivity contribution in [1.82, 2.24) is 10.2 Å². The van der Waals surface area contributed by atoms with E-state index in [1.807, 2.05) is 31.2 Å². The summed E-state index contributed by atoms with van der Waals surface area (Å²) in [5, 5.41) is 4.10. The Kier molecular flexibility index (Phi) is 4.46. The molecule has 2 aromatic rings. The minimum Gasteiger partial charge on any atom is -0.485 e. The fraction of sp³-hybridized carbons (Fsp3) is 0.263. The van der Waals surface area contributed by atoms with Crippen LogP contribution in [0.2, 0.25) is 5.02 Å². The molecule has 0 atom stereocenters. The summed E-state index contributed by atoms with van der Waals surface area (Å²) in [4.78, 5) is 14.1. The van der Waals surface area contributed by atoms with Gasteiger partial charge in [0, 0.05) is 22.7 Å². The van der Waals surface area contributed by atoms with E-state index in [1.165, 1.54) is 0 Å². The van der Waals surface area contributed by atoms with Gasteiger partial charge in [-0.05, 0) is 56.2 Å². The van der Waals surface area contributed by atoms with Crippen LogP contribution in [-0.2, 0) is 11.4 Å². The highest BCUT2D eigenvalue weighted by Gasteiger charge is 2.41. The normalized spacial score (nSPS) is 18.5. The maximum atomic E-state index is 12.4. The zero-order valence-electron chi connectivity index (χ0n) is 14.1. The van der Waals surface area contributed by atoms with Gasteiger partial charge in [0.25, 0.3) is 5.91 Å². The Morgan fingerprint density at radius 1 is 1.38 bits per heavy atom. The highest BCUT2D eigenvalue weighted by Crippen LogP contribution is 2.31. The maximum absolute atomic E-state index is 12.4. The highest BCUT2D eigenvalue weighted by atomic mass is 35.5. The second kappa shape index (κ2) is 6.78. The first-order valence-corrected chi connectivity index (χ1v) is 9.14. The number of hydrogen-bond acceptors (Lipinski definition) is 4. The van der Waals surface area contributed by atoms with Crippen molar-refractivity contribution in [3.8, 4) is 5.75 Å². The van der Waals surface area contributed by atoms with Gasteiger partial charge in [-0.3, -0.25) is 9.69 Å². The molecule has 1 aromatic carbocycles. The number of amides is 1. The molecule has 1 saturated carbocycles. The molecule has 1 saturated heterocycles. The lowest BCUT2D eigenvalue weighted by Crippen LogP contribution is -2.32. The van der Waals surface area contributed by atoms with Crippen molar-refractivity contribution in [1.29, 1.82) is 0 Å². The van der Waals surface area contributed by atoms with Crippen molar-refractivity contribution in [3.63, 3.8) is 0 Å². The molecule has 1 aliphatic carbocycles. The SMILES string of the molecule is Cc1c(Cl)cccc1OCc1ccc(/C=C2/NC(=S)N(C3CC3)C2=O)o1. The molecule has 0 radical (unpaired) electrons. The summed E-state index contributed by atoms with van der Waals surface area (Å²) >= 11 is 11.3. The van der Waals surface area contributed by atoms with Crippen LogP contribution in [0.1, 0.15) is 29.9 Å². The quantitative estimate of drug-likeness (QED) is 0.618. The van der Waals surface area contributed by atoms with E-state index < -0.39 is 0 Å². The molecule has 1 aromatic heterocycles. The van der Waals surface area contributed by atoms with E-state index in [0.29, 0.717) is 33.1 Å². The third-order valence-electron chi connectivity index (χ3n) is 4.38. The van der Waals surface area contributed by atoms with Gasteiger partial charge in [-0.25, -0.2) is 0 Å². The Bertz CT molecular complexity index is 917. The summed E-state index contributed by atoms with van der Waals surface area (Å²) in [6, 6.07) is 9.39. The van der Waals surface area contributed by atoms with Crippen molar-refractivity contribution in [3.05, 3.63) is 58.1 Å². The number of rotatable bonds is 5. The molecule has 1 N–H and O–H groups in total. The third-order valence-corrected chi connectivity index (χ3v) is 5.09. The Labute approximate surface area is 161 Å². The Hall–Kier alpha value is -2.31. The average Bonchev–Trinajstić information content (AvgIpc) is 3.27. The van der Waals surface area contributed by atoms with Crippen molar-refractivity contribution in [2.45, 2.75) is 32.4 Å². The molecule has 2 fully saturated rings. The van der Waals surface area contributed by atoms with Crippen LogP contribution < -0.4 is 10.1 Å². The molecule has 4 rings (SSSR count). The summed E-state index contributed by atoms with van der Waals surface area (Å²) < 4.78 is 11.5. The molecule has 7 heteroatoms. The highest BCUT2D eigenvalue weighted by molar-refractivity contribution is 7.80. The molecule has 26 heavy (non-hydrogen) atoms. The number of hydrogen-bond donors (Lipinski definition) is 1. The van der Waals surface area contributed by atoms with Gasteiger partial charge in [-0.15, -0.1) is 0 Å². The van der Waals surface area contributed by atoms with Gasteiger partial charge in [0.2, 0.25) is 0 Å². The van der Waals surface area contributed by atoms with Gasteiger partial charge < -0.3 is 14.5 Å². The van der Waals surface area contributed by atoms with Crippen molar-refractivity contribution in [2.24, 2.45) is 0 Å². The van der Waals surface area contributed by atoms with E-state index in [9.17, 15) is 4.79 Å². The number of thiocarbonyl (C=S) groups is 1. The van der Waals surface area contributed by atoms with E-state index in [-0.39, 0.29) is 18.6 Å². The second-order valence-corrected chi connectivity index (χ2v) is 7.14. The van der Waals surface area contributed by atoms with Crippen molar-refractivity contribution >= 4 is 40.9 Å². The number of carbonyl (C=O) groups excluding carboxylic acids is 1. The van der Waals surface area contributed by atoms with Crippen LogP contribution in [0.15, 0.2) is 40.4 Å². The van der Waals surface area contributed by atoms with E-state index >= 15 is 0 Å². The minimum absolute atomic E-state index is 0.0961. The number of nitrogens with zero attached hydrogens (tertiary/aromatic N) is 1. The first kappa shape index (κ1) is 17.1. The van der Waals surface area contributed by atoms with Gasteiger partial charge in [0.05, 0.1) is 0 Å². The first-order chi connectivity index (χ1) is 12.5. The van der Waals surface area contributed by atoms with Crippen molar-refractivity contribution in [2.75, 3.05) is 0 Å². The monoisotopic (exact) mass is 388 g/mol. The molecule has 1 amide bonds. The number of carbonyl (C=O) groups is 1. The summed E-state index contributed by atoms with van der Waals surface area (Å²) in [6.45, 7) is 2.18. The molecule has 1 aliphatic heterocycles. The van der Waals surface area contributed by atoms with Gasteiger partial charge in [-0.2, -0.15) is 0 Å². The van der Waals surface area contributed by atoms with Crippen LogP contribution in [0, 0.1) is 6.92 Å². The van der Waals surface area contributed by atoms with Crippen LogP contribution in [-0.4, -0.2) is 22.0 Å². The van der Waals surface area contributed by atoms with Crippen LogP contribution in [0.5, 0.6) is 5.75 Å². The molecule has 5 nitrogen and oxygen atoms in total. The first-order valence-electron chi connectivity index (χ1n) is 8.36. The summed E-state index contributed by atoms with van der Waals surface area (Å²) in [5.41, 5.74) is 1.33. The Morgan fingerprint density at radius 3 is 2.96 bits per heavy atom. The lowest BCUT2D eigenvalue weighted by Gasteiger charge is -2.11. The van der Waals surface area contributed by atoms with Crippen LogP contribution in [0.25, 0.3) is 6.08 Å². The molecular formula is C19H17ClN2O3S. The molecular weight excluding hydrogens is 372 g/mol. The van der Waals surface area contributed by atoms with Crippen LogP contribution in [0.4, 0.5) is 0 Å². The number of ether oxygens (including phenoxy) is 1. The van der Waals surface area contributed by atoms with Gasteiger partial charge in [-0.1, -0.05) is 17.7 Å². The van der Waals surface area contributed by atoms with E-state index in [2.05, 4.69) is 5.32 Å². The van der Waals surface area contributed by atoms with E-state index in [0.717, 1.165) is 18.4 Å². The predicted molar refractivity (Wildman–Crippen MR) is 103 cm³/mol. The predicted octanol–water partition coefficient (Wildman–Crippen LogP) is 4.04. The standard InChI is InChI=1S/C19H17ClN2O3S/c1-11-15(20)3-2-4-17(11)24-10-14-8-7-13(25-14)9-16-18(23)22(12-5-6-12)19(26)21-16/h2-4,7-9,12H,5-6,10H2,1H3,(H,21,26)/b16-9+. The Balaban J connectivity index is 1.44. The largest absolute Gasteiger partial charge is 0.485 e. The number of halogens is 1. The lowest BCUT2D eigenvalue weighted by atomic mass is 10.2. The summed E-state index contributed by atoms with van der Waals surface area (Å²) in [7, 11) is 0. The third kappa shape index (κ3) is 3.34. The zero-order valence-corrected chi connectivity index (χ0v) is 15.7. The van der Waals surface area contributed by atoms with Gasteiger partial charge >= 0.3 is 0 Å². The maximum Gasteiger partial charge on any atom is 0.276 e. The molecule has 2 aliphatic rings. The molecule has 0 spiro atoms. The lowest BCUT2D eigenvalue weighted by molar-refractivity contribution is -0.122. The smallest absolute Gasteiger partial charge is 0.276 e. The number of benzene rings is 1. The molecule has 2 heterocycles. The fourth-order valence-corrected chi connectivity index (χ4v) is 3.31. The molecule has 0 bridgehead atoms. The van der Waals surface area contributed by atoms with E-state index in [4.69, 9.17) is 33.0 Å². The Morgan fingerprint density at radius 2 is 2.19 bits per heavy atom. The fourth-order valence-electron chi connectivity index (χ4n) is 2.80. The summed E-state index contributed by atoms with van der Waals surface area (Å²) in [6.07, 6.45) is 3.68. The zero-order chi connectivity index (χ0) is 18.3. The van der Waals surface area contributed by atoms with Gasteiger partial charge in [0.1, 0.15) is 29.6 Å². The van der Waals surface area contributed by atoms with Crippen LogP contribution in [0.3, 0.4) is 0 Å². The minimum atomic E-state index is -0.0961. The average molecular weight is 389 g/mol.